The minimum Gasteiger partial charge on any atom is -0.505 e. The summed E-state index contributed by atoms with van der Waals surface area (Å²) in [6.07, 6.45) is 5.13. The van der Waals surface area contributed by atoms with Crippen LogP contribution in [0.15, 0.2) is 54.1 Å². The highest BCUT2D eigenvalue weighted by Crippen LogP contribution is 2.40. The first-order valence-electron chi connectivity index (χ1n) is 10.3. The number of aromatic nitrogens is 1. The number of amides is 1. The first-order valence-corrected chi connectivity index (χ1v) is 12.5. The van der Waals surface area contributed by atoms with Crippen LogP contribution in [0.3, 0.4) is 0 Å². The number of fused-ring (bicyclic) bond motifs is 2. The molecule has 0 saturated carbocycles. The molecule has 170 valence electrons. The van der Waals surface area contributed by atoms with Crippen molar-refractivity contribution in [1.29, 1.82) is 0 Å². The van der Waals surface area contributed by atoms with Gasteiger partial charge in [0, 0.05) is 24.7 Å². The number of halogens is 2. The molecule has 7 nitrogen and oxygen atoms in total. The topological polar surface area (TPSA) is 90.8 Å². The van der Waals surface area contributed by atoms with E-state index in [1.54, 1.807) is 23.2 Å². The van der Waals surface area contributed by atoms with Crippen LogP contribution in [0.4, 0.5) is 0 Å². The lowest BCUT2D eigenvalue weighted by atomic mass is 9.90. The average molecular weight is 496 g/mol. The summed E-state index contributed by atoms with van der Waals surface area (Å²) in [5, 5.41) is 9.52. The maximum Gasteiger partial charge on any atom is 0.244 e. The van der Waals surface area contributed by atoms with E-state index in [4.69, 9.17) is 23.2 Å². The van der Waals surface area contributed by atoms with Crippen molar-refractivity contribution in [1.82, 2.24) is 14.2 Å². The molecule has 3 heterocycles. The van der Waals surface area contributed by atoms with Crippen molar-refractivity contribution in [2.24, 2.45) is 5.92 Å². The number of aromatic hydroxyl groups is 1. The second kappa shape index (κ2) is 9.02. The van der Waals surface area contributed by atoms with Gasteiger partial charge in [-0.3, -0.25) is 9.78 Å². The number of phenolic OH excluding ortho intramolecular Hbond substituents is 1. The summed E-state index contributed by atoms with van der Waals surface area (Å²) in [7, 11) is -4.14. The Labute approximate surface area is 197 Å². The fourth-order valence-electron chi connectivity index (χ4n) is 4.54. The normalized spacial score (nSPS) is 24.2. The molecule has 2 aliphatic rings. The highest BCUT2D eigenvalue weighted by molar-refractivity contribution is 7.89. The van der Waals surface area contributed by atoms with Crippen LogP contribution in [0.25, 0.3) is 0 Å². The Morgan fingerprint density at radius 1 is 1.22 bits per heavy atom. The number of sulfonamides is 1. The van der Waals surface area contributed by atoms with Crippen molar-refractivity contribution in [3.05, 3.63) is 64.9 Å². The number of hydrogen-bond donors (Lipinski definition) is 1. The van der Waals surface area contributed by atoms with Gasteiger partial charge in [-0.25, -0.2) is 8.42 Å². The highest BCUT2D eigenvalue weighted by atomic mass is 35.5. The largest absolute Gasteiger partial charge is 0.505 e. The maximum atomic E-state index is 13.8. The molecule has 1 aromatic carbocycles. The molecule has 32 heavy (non-hydrogen) atoms. The molecule has 2 saturated heterocycles. The first kappa shape index (κ1) is 23.0. The number of nitrogens with zero attached hydrogens (tertiary/aromatic N) is 3. The second-order valence-corrected chi connectivity index (χ2v) is 10.7. The van der Waals surface area contributed by atoms with Crippen molar-refractivity contribution in [2.75, 3.05) is 6.54 Å². The number of phenols is 1. The van der Waals surface area contributed by atoms with Crippen LogP contribution in [0.2, 0.25) is 10.0 Å². The molecule has 0 spiro atoms. The third-order valence-corrected chi connectivity index (χ3v) is 8.57. The minimum atomic E-state index is -4.14. The molecule has 1 amide bonds. The van der Waals surface area contributed by atoms with Crippen molar-refractivity contribution < 1.29 is 18.3 Å². The van der Waals surface area contributed by atoms with Gasteiger partial charge in [-0.15, -0.1) is 6.58 Å². The quantitative estimate of drug-likeness (QED) is 0.636. The predicted molar refractivity (Wildman–Crippen MR) is 122 cm³/mol. The lowest BCUT2D eigenvalue weighted by Crippen LogP contribution is -2.54. The number of piperidine rings is 1. The van der Waals surface area contributed by atoms with Gasteiger partial charge in [0.1, 0.15) is 6.04 Å². The lowest BCUT2D eigenvalue weighted by molar-refractivity contribution is -0.135. The Bertz CT molecular complexity index is 1120. The zero-order chi connectivity index (χ0) is 23.0. The van der Waals surface area contributed by atoms with E-state index in [0.717, 1.165) is 24.2 Å². The van der Waals surface area contributed by atoms with E-state index in [9.17, 15) is 18.3 Å². The van der Waals surface area contributed by atoms with Gasteiger partial charge in [0.25, 0.3) is 0 Å². The van der Waals surface area contributed by atoms with Gasteiger partial charge >= 0.3 is 0 Å². The van der Waals surface area contributed by atoms with Crippen molar-refractivity contribution >= 4 is 39.1 Å². The summed E-state index contributed by atoms with van der Waals surface area (Å²) < 4.78 is 28.8. The predicted octanol–water partition coefficient (Wildman–Crippen LogP) is 3.85. The molecule has 2 fully saturated rings. The van der Waals surface area contributed by atoms with E-state index in [2.05, 4.69) is 11.6 Å². The molecule has 10 heteroatoms. The molecule has 1 aromatic heterocycles. The minimum absolute atomic E-state index is 0.156. The number of carbonyl (C=O) groups excluding carboxylic acids is 1. The van der Waals surface area contributed by atoms with Crippen LogP contribution in [-0.2, 0) is 21.4 Å². The van der Waals surface area contributed by atoms with Crippen LogP contribution < -0.4 is 0 Å². The van der Waals surface area contributed by atoms with Gasteiger partial charge in [-0.2, -0.15) is 4.31 Å². The van der Waals surface area contributed by atoms with Crippen LogP contribution in [0.5, 0.6) is 5.75 Å². The average Bonchev–Trinajstić information content (AvgIpc) is 2.85. The summed E-state index contributed by atoms with van der Waals surface area (Å²) in [4.78, 5) is 19.4. The van der Waals surface area contributed by atoms with Gasteiger partial charge in [0.05, 0.1) is 27.2 Å². The molecular formula is C22H23Cl2N3O4S. The molecule has 0 radical (unpaired) electrons. The number of rotatable bonds is 5. The monoisotopic (exact) mass is 495 g/mol. The lowest BCUT2D eigenvalue weighted by Gasteiger charge is -2.40. The molecule has 1 unspecified atom stereocenters. The number of pyridine rings is 1. The Kier molecular flexibility index (Phi) is 6.49. The maximum absolute atomic E-state index is 13.8. The van der Waals surface area contributed by atoms with E-state index >= 15 is 0 Å². The molecule has 2 aromatic rings. The first-order chi connectivity index (χ1) is 15.2. The SMILES string of the molecule is C=C[C@H]1CN(Cc2ccccn2)C(=O)C2CCC[C@@H]1N2S(=O)(=O)c1cc(Cl)c(O)c(Cl)c1. The standard InChI is InChI=1S/C22H23Cl2N3O4S/c1-2-14-12-26(13-15-6-3-4-9-25-15)22(29)20-8-5-7-19(14)27(20)32(30,31)16-10-17(23)21(28)18(24)11-16/h2-4,6,9-11,14,19-20,28H,1,5,7-8,12-13H2/t14-,19-,20?/m0/s1. The Balaban J connectivity index is 1.77. The van der Waals surface area contributed by atoms with Gasteiger partial charge in [0.15, 0.2) is 5.75 Å². The van der Waals surface area contributed by atoms with E-state index in [0.29, 0.717) is 19.4 Å². The van der Waals surface area contributed by atoms with Crippen LogP contribution >= 0.6 is 23.2 Å². The number of hydrogen-bond acceptors (Lipinski definition) is 5. The summed E-state index contributed by atoms with van der Waals surface area (Å²) in [6.45, 7) is 4.56. The Morgan fingerprint density at radius 3 is 2.56 bits per heavy atom. The van der Waals surface area contributed by atoms with Crippen LogP contribution in [0, 0.1) is 5.92 Å². The van der Waals surface area contributed by atoms with Crippen molar-refractivity contribution in [3.63, 3.8) is 0 Å². The van der Waals surface area contributed by atoms with E-state index < -0.39 is 22.1 Å². The fourth-order valence-corrected chi connectivity index (χ4v) is 7.08. The smallest absolute Gasteiger partial charge is 0.244 e. The van der Waals surface area contributed by atoms with Gasteiger partial charge in [-0.05, 0) is 43.5 Å². The third kappa shape index (κ3) is 4.12. The molecule has 4 rings (SSSR count). The number of benzene rings is 1. The Morgan fingerprint density at radius 2 is 1.94 bits per heavy atom. The zero-order valence-electron chi connectivity index (χ0n) is 17.2. The summed E-state index contributed by atoms with van der Waals surface area (Å²) in [6, 6.07) is 6.54. The molecule has 2 bridgehead atoms. The van der Waals surface area contributed by atoms with Crippen LogP contribution in [0.1, 0.15) is 25.0 Å². The second-order valence-electron chi connectivity index (χ2n) is 8.02. The third-order valence-electron chi connectivity index (χ3n) is 6.08. The summed E-state index contributed by atoms with van der Waals surface area (Å²) in [5.41, 5.74) is 0.728. The molecular weight excluding hydrogens is 473 g/mol. The molecule has 3 atom stereocenters. The number of carbonyl (C=O) groups is 1. The van der Waals surface area contributed by atoms with Gasteiger partial charge in [0.2, 0.25) is 15.9 Å². The van der Waals surface area contributed by atoms with E-state index in [1.807, 2.05) is 12.1 Å². The highest BCUT2D eigenvalue weighted by Gasteiger charge is 2.49. The Hall–Kier alpha value is -2.13. The molecule has 0 aliphatic carbocycles. The summed E-state index contributed by atoms with van der Waals surface area (Å²) >= 11 is 12.0. The van der Waals surface area contributed by atoms with Crippen LogP contribution in [-0.4, -0.2) is 52.2 Å². The fraction of sp³-hybridized carbons (Fsp3) is 0.364. The van der Waals surface area contributed by atoms with Gasteiger partial charge < -0.3 is 10.0 Å². The zero-order valence-corrected chi connectivity index (χ0v) is 19.5. The van der Waals surface area contributed by atoms with Crippen molar-refractivity contribution in [3.8, 4) is 5.75 Å². The van der Waals surface area contributed by atoms with Gasteiger partial charge in [-0.1, -0.05) is 35.3 Å². The van der Waals surface area contributed by atoms with E-state index in [-0.39, 0.29) is 39.1 Å². The van der Waals surface area contributed by atoms with E-state index in [1.165, 1.54) is 4.31 Å². The molecule has 1 N–H and O–H groups in total. The summed E-state index contributed by atoms with van der Waals surface area (Å²) in [5.74, 6) is -0.903. The molecule has 2 aliphatic heterocycles. The van der Waals surface area contributed by atoms with Crippen molar-refractivity contribution in [2.45, 2.75) is 42.8 Å².